The fraction of sp³-hybridized carbons (Fsp3) is 0.235. The summed E-state index contributed by atoms with van der Waals surface area (Å²) in [6.45, 7) is 2.05. The number of aliphatic hydroxyl groups excluding tert-OH is 1. The first kappa shape index (κ1) is 14.3. The molecule has 0 fully saturated rings. The molecule has 2 rings (SSSR count). The van der Waals surface area contributed by atoms with Gasteiger partial charge in [0.1, 0.15) is 5.92 Å². The third kappa shape index (κ3) is 3.25. The van der Waals surface area contributed by atoms with Crippen LogP contribution in [0.4, 0.5) is 0 Å². The maximum Gasteiger partial charge on any atom is 0.316 e. The monoisotopic (exact) mass is 270 g/mol. The molecule has 0 aromatic heterocycles. The van der Waals surface area contributed by atoms with Crippen LogP contribution in [0.2, 0.25) is 0 Å². The van der Waals surface area contributed by atoms with E-state index in [0.717, 1.165) is 5.56 Å². The van der Waals surface area contributed by atoms with Gasteiger partial charge >= 0.3 is 5.97 Å². The van der Waals surface area contributed by atoms with Crippen LogP contribution in [-0.2, 0) is 9.53 Å². The molecule has 0 bridgehead atoms. The van der Waals surface area contributed by atoms with Gasteiger partial charge in [0.15, 0.2) is 0 Å². The van der Waals surface area contributed by atoms with E-state index in [1.807, 2.05) is 48.5 Å². The van der Waals surface area contributed by atoms with E-state index in [2.05, 4.69) is 0 Å². The van der Waals surface area contributed by atoms with E-state index >= 15 is 0 Å². The summed E-state index contributed by atoms with van der Waals surface area (Å²) in [4.78, 5) is 12.2. The van der Waals surface area contributed by atoms with Crippen molar-refractivity contribution in [3.05, 3.63) is 71.8 Å². The number of carbonyl (C=O) groups is 1. The van der Waals surface area contributed by atoms with E-state index in [-0.39, 0.29) is 0 Å². The molecule has 3 heteroatoms. The Morgan fingerprint density at radius 2 is 1.50 bits per heavy atom. The van der Waals surface area contributed by atoms with E-state index in [0.29, 0.717) is 12.2 Å². The molecule has 2 atom stereocenters. The van der Waals surface area contributed by atoms with Gasteiger partial charge in [-0.15, -0.1) is 0 Å². The highest BCUT2D eigenvalue weighted by atomic mass is 16.5. The predicted molar refractivity (Wildman–Crippen MR) is 77.2 cm³/mol. The summed E-state index contributed by atoms with van der Waals surface area (Å²) in [6.07, 6.45) is -0.919. The van der Waals surface area contributed by atoms with Gasteiger partial charge in [-0.3, -0.25) is 4.79 Å². The van der Waals surface area contributed by atoms with Gasteiger partial charge in [-0.2, -0.15) is 0 Å². The first-order valence-corrected chi connectivity index (χ1v) is 6.68. The smallest absolute Gasteiger partial charge is 0.316 e. The molecule has 0 aliphatic carbocycles. The van der Waals surface area contributed by atoms with Crippen molar-refractivity contribution in [1.82, 2.24) is 0 Å². The summed E-state index contributed by atoms with van der Waals surface area (Å²) in [5.41, 5.74) is 1.46. The second-order valence-corrected chi connectivity index (χ2v) is 4.50. The van der Waals surface area contributed by atoms with E-state index in [9.17, 15) is 9.90 Å². The quantitative estimate of drug-likeness (QED) is 0.849. The lowest BCUT2D eigenvalue weighted by molar-refractivity contribution is -0.148. The normalized spacial score (nSPS) is 13.5. The molecule has 2 aromatic rings. The predicted octanol–water partition coefficient (Wildman–Crippen LogP) is 3.07. The third-order valence-electron chi connectivity index (χ3n) is 3.16. The summed E-state index contributed by atoms with van der Waals surface area (Å²) >= 11 is 0. The second-order valence-electron chi connectivity index (χ2n) is 4.50. The van der Waals surface area contributed by atoms with Crippen LogP contribution in [0.1, 0.15) is 30.1 Å². The zero-order valence-electron chi connectivity index (χ0n) is 11.4. The van der Waals surface area contributed by atoms with Crippen LogP contribution in [-0.4, -0.2) is 17.7 Å². The van der Waals surface area contributed by atoms with Gasteiger partial charge in [-0.05, 0) is 18.1 Å². The summed E-state index contributed by atoms with van der Waals surface area (Å²) in [7, 11) is 0. The second kappa shape index (κ2) is 6.87. The van der Waals surface area contributed by atoms with Crippen LogP contribution in [0.3, 0.4) is 0 Å². The van der Waals surface area contributed by atoms with Crippen molar-refractivity contribution in [2.24, 2.45) is 0 Å². The van der Waals surface area contributed by atoms with Gasteiger partial charge in [0, 0.05) is 0 Å². The van der Waals surface area contributed by atoms with Crippen molar-refractivity contribution in [3.63, 3.8) is 0 Å². The molecule has 1 N–H and O–H groups in total. The molecule has 0 radical (unpaired) electrons. The third-order valence-corrected chi connectivity index (χ3v) is 3.16. The molecule has 0 saturated carbocycles. The Morgan fingerprint density at radius 3 is 2.00 bits per heavy atom. The van der Waals surface area contributed by atoms with Gasteiger partial charge in [-0.1, -0.05) is 60.7 Å². The molecule has 0 amide bonds. The molecule has 0 heterocycles. The number of ether oxygens (including phenoxy) is 1. The van der Waals surface area contributed by atoms with Crippen LogP contribution in [0, 0.1) is 0 Å². The van der Waals surface area contributed by atoms with Crippen molar-refractivity contribution >= 4 is 5.97 Å². The number of hydrogen-bond donors (Lipinski definition) is 1. The van der Waals surface area contributed by atoms with Crippen molar-refractivity contribution in [2.75, 3.05) is 6.61 Å². The minimum Gasteiger partial charge on any atom is -0.465 e. The first-order valence-electron chi connectivity index (χ1n) is 6.68. The van der Waals surface area contributed by atoms with E-state index in [1.54, 1.807) is 19.1 Å². The van der Waals surface area contributed by atoms with Crippen LogP contribution >= 0.6 is 0 Å². The number of rotatable bonds is 5. The minimum atomic E-state index is -0.919. The molecular weight excluding hydrogens is 252 g/mol. The highest BCUT2D eigenvalue weighted by Crippen LogP contribution is 2.31. The van der Waals surface area contributed by atoms with Crippen LogP contribution < -0.4 is 0 Å². The van der Waals surface area contributed by atoms with Crippen LogP contribution in [0.25, 0.3) is 0 Å². The van der Waals surface area contributed by atoms with Crippen LogP contribution in [0.15, 0.2) is 60.7 Å². The number of esters is 1. The Labute approximate surface area is 118 Å². The van der Waals surface area contributed by atoms with Gasteiger partial charge in [0.2, 0.25) is 0 Å². The van der Waals surface area contributed by atoms with Crippen molar-refractivity contribution < 1.29 is 14.6 Å². The van der Waals surface area contributed by atoms with Gasteiger partial charge in [0.05, 0.1) is 12.7 Å². The lowest BCUT2D eigenvalue weighted by atomic mass is 9.89. The molecule has 3 nitrogen and oxygen atoms in total. The fourth-order valence-corrected chi connectivity index (χ4v) is 2.18. The average Bonchev–Trinajstić information content (AvgIpc) is 2.50. The van der Waals surface area contributed by atoms with Crippen molar-refractivity contribution in [1.29, 1.82) is 0 Å². The van der Waals surface area contributed by atoms with Gasteiger partial charge < -0.3 is 9.84 Å². The topological polar surface area (TPSA) is 46.5 Å². The van der Waals surface area contributed by atoms with E-state index < -0.39 is 18.0 Å². The Hall–Kier alpha value is -2.13. The highest BCUT2D eigenvalue weighted by molar-refractivity contribution is 5.79. The summed E-state index contributed by atoms with van der Waals surface area (Å²) in [5, 5.41) is 10.5. The molecule has 2 aromatic carbocycles. The van der Waals surface area contributed by atoms with Gasteiger partial charge in [-0.25, -0.2) is 0 Å². The largest absolute Gasteiger partial charge is 0.465 e. The Balaban J connectivity index is 2.34. The molecule has 0 saturated heterocycles. The van der Waals surface area contributed by atoms with Crippen LogP contribution in [0.5, 0.6) is 0 Å². The molecule has 104 valence electrons. The molecule has 20 heavy (non-hydrogen) atoms. The zero-order valence-corrected chi connectivity index (χ0v) is 11.4. The Bertz CT molecular complexity index is 537. The standard InChI is InChI=1S/C17H18O3/c1-2-20-17(19)15(13-9-5-3-6-10-13)16(18)14-11-7-4-8-12-14/h3-12,15-16,18H,2H2,1H3/t15-,16-/m0/s1. The van der Waals surface area contributed by atoms with E-state index in [1.165, 1.54) is 0 Å². The maximum atomic E-state index is 12.2. The summed E-state index contributed by atoms with van der Waals surface area (Å²) in [5.74, 6) is -1.12. The zero-order chi connectivity index (χ0) is 14.4. The Morgan fingerprint density at radius 1 is 1.00 bits per heavy atom. The highest BCUT2D eigenvalue weighted by Gasteiger charge is 2.30. The Kier molecular flexibility index (Phi) is 4.91. The number of hydrogen-bond acceptors (Lipinski definition) is 3. The number of aliphatic hydroxyl groups is 1. The first-order chi connectivity index (χ1) is 9.74. The molecular formula is C17H18O3. The SMILES string of the molecule is CCOC(=O)[C@@H](c1ccccc1)[C@@H](O)c1ccccc1. The lowest BCUT2D eigenvalue weighted by Gasteiger charge is -2.22. The fourth-order valence-electron chi connectivity index (χ4n) is 2.18. The molecule has 0 aliphatic rings. The molecule has 0 aliphatic heterocycles. The van der Waals surface area contributed by atoms with Crippen molar-refractivity contribution in [3.8, 4) is 0 Å². The molecule has 0 spiro atoms. The van der Waals surface area contributed by atoms with E-state index in [4.69, 9.17) is 4.74 Å². The number of benzene rings is 2. The summed E-state index contributed by atoms with van der Waals surface area (Å²) in [6, 6.07) is 18.4. The minimum absolute atomic E-state index is 0.295. The average molecular weight is 270 g/mol. The number of carbonyl (C=O) groups excluding carboxylic acids is 1. The maximum absolute atomic E-state index is 12.2. The summed E-state index contributed by atoms with van der Waals surface area (Å²) < 4.78 is 5.10. The molecule has 0 unspecified atom stereocenters. The van der Waals surface area contributed by atoms with Gasteiger partial charge in [0.25, 0.3) is 0 Å². The van der Waals surface area contributed by atoms with Crippen molar-refractivity contribution in [2.45, 2.75) is 18.9 Å². The lowest BCUT2D eigenvalue weighted by Crippen LogP contribution is -2.22.